The second-order valence-electron chi connectivity index (χ2n) is 3.02. The van der Waals surface area contributed by atoms with Gasteiger partial charge in [0, 0.05) is 23.5 Å². The maximum absolute atomic E-state index is 5.74. The van der Waals surface area contributed by atoms with Gasteiger partial charge in [-0.1, -0.05) is 0 Å². The molecule has 0 aliphatic heterocycles. The highest BCUT2D eigenvalue weighted by Gasteiger charge is 2.05. The number of nitrogen functional groups attached to an aromatic ring is 1. The van der Waals surface area contributed by atoms with Crippen molar-refractivity contribution in [3.8, 4) is 11.3 Å². The monoisotopic (exact) mass is 186 g/mol. The molecule has 0 aromatic carbocycles. The van der Waals surface area contributed by atoms with Crippen molar-refractivity contribution in [2.75, 3.05) is 5.73 Å². The molecule has 0 atom stereocenters. The molecule has 0 aliphatic carbocycles. The van der Waals surface area contributed by atoms with Crippen molar-refractivity contribution in [2.24, 2.45) is 0 Å². The van der Waals surface area contributed by atoms with Crippen LogP contribution in [0.25, 0.3) is 11.3 Å². The topological polar surface area (TPSA) is 64.7 Å². The minimum absolute atomic E-state index is 0.652. The van der Waals surface area contributed by atoms with Crippen molar-refractivity contribution in [1.29, 1.82) is 0 Å². The zero-order valence-corrected chi connectivity index (χ0v) is 7.81. The number of aromatic nitrogens is 3. The predicted octanol–water partition coefficient (Wildman–Crippen LogP) is 1.43. The molecule has 70 valence electrons. The van der Waals surface area contributed by atoms with Gasteiger partial charge in [-0.2, -0.15) is 10.2 Å². The first-order valence-electron chi connectivity index (χ1n) is 4.27. The molecule has 2 rings (SSSR count). The van der Waals surface area contributed by atoms with E-state index in [-0.39, 0.29) is 0 Å². The van der Waals surface area contributed by atoms with Crippen LogP contribution in [-0.2, 0) is 0 Å². The van der Waals surface area contributed by atoms with Gasteiger partial charge in [0.05, 0.1) is 17.6 Å². The highest BCUT2D eigenvalue weighted by atomic mass is 15.1. The van der Waals surface area contributed by atoms with E-state index in [1.807, 2.05) is 19.1 Å². The lowest BCUT2D eigenvalue weighted by atomic mass is 10.1. The van der Waals surface area contributed by atoms with E-state index in [4.69, 9.17) is 5.73 Å². The van der Waals surface area contributed by atoms with E-state index < -0.39 is 0 Å². The van der Waals surface area contributed by atoms with Crippen molar-refractivity contribution < 1.29 is 0 Å². The molecule has 0 fully saturated rings. The number of nitrogens with zero attached hydrogens (tertiary/aromatic N) is 3. The summed E-state index contributed by atoms with van der Waals surface area (Å²) in [5, 5.41) is 7.86. The molecule has 0 unspecified atom stereocenters. The number of rotatable bonds is 1. The van der Waals surface area contributed by atoms with Gasteiger partial charge in [-0.25, -0.2) is 0 Å². The molecule has 0 spiro atoms. The molecule has 2 heterocycles. The first-order valence-corrected chi connectivity index (χ1v) is 4.27. The van der Waals surface area contributed by atoms with Crippen molar-refractivity contribution in [2.45, 2.75) is 6.92 Å². The van der Waals surface area contributed by atoms with E-state index in [1.165, 1.54) is 0 Å². The number of hydrogen-bond acceptors (Lipinski definition) is 4. The van der Waals surface area contributed by atoms with E-state index in [2.05, 4.69) is 15.2 Å². The lowest BCUT2D eigenvalue weighted by Gasteiger charge is -2.04. The summed E-state index contributed by atoms with van der Waals surface area (Å²) in [6.07, 6.45) is 5.02. The van der Waals surface area contributed by atoms with Gasteiger partial charge in [0.1, 0.15) is 0 Å². The van der Waals surface area contributed by atoms with Crippen LogP contribution in [0, 0.1) is 6.92 Å². The Bertz CT molecular complexity index is 439. The van der Waals surface area contributed by atoms with Crippen molar-refractivity contribution in [1.82, 2.24) is 15.2 Å². The Kier molecular flexibility index (Phi) is 2.10. The Labute approximate surface area is 81.8 Å². The molecular weight excluding hydrogens is 176 g/mol. The first kappa shape index (κ1) is 8.62. The van der Waals surface area contributed by atoms with Gasteiger partial charge in [0.2, 0.25) is 0 Å². The normalized spacial score (nSPS) is 10.1. The highest BCUT2D eigenvalue weighted by Crippen LogP contribution is 2.22. The lowest BCUT2D eigenvalue weighted by molar-refractivity contribution is 1.02. The number of hydrogen-bond donors (Lipinski definition) is 1. The zero-order chi connectivity index (χ0) is 9.97. The van der Waals surface area contributed by atoms with Crippen LogP contribution in [0.3, 0.4) is 0 Å². The summed E-state index contributed by atoms with van der Waals surface area (Å²) in [6, 6.07) is 3.79. The fraction of sp³-hybridized carbons (Fsp3) is 0.100. The van der Waals surface area contributed by atoms with Crippen molar-refractivity contribution in [3.63, 3.8) is 0 Å². The molecule has 0 radical (unpaired) electrons. The summed E-state index contributed by atoms with van der Waals surface area (Å²) in [6.45, 7) is 1.92. The predicted molar refractivity (Wildman–Crippen MR) is 54.4 cm³/mol. The SMILES string of the molecule is Cc1c(N)cnnc1-c1cccnc1. The first-order chi connectivity index (χ1) is 6.79. The average Bonchev–Trinajstić information content (AvgIpc) is 2.23. The van der Waals surface area contributed by atoms with Gasteiger partial charge < -0.3 is 5.73 Å². The van der Waals surface area contributed by atoms with Crippen LogP contribution in [0.1, 0.15) is 5.56 Å². The number of pyridine rings is 1. The van der Waals surface area contributed by atoms with Crippen molar-refractivity contribution in [3.05, 3.63) is 36.3 Å². The van der Waals surface area contributed by atoms with Crippen molar-refractivity contribution >= 4 is 5.69 Å². The summed E-state index contributed by atoms with van der Waals surface area (Å²) in [4.78, 5) is 4.02. The maximum Gasteiger partial charge on any atom is 0.0994 e. The smallest absolute Gasteiger partial charge is 0.0994 e. The van der Waals surface area contributed by atoms with E-state index in [0.717, 1.165) is 16.8 Å². The van der Waals surface area contributed by atoms with Gasteiger partial charge in [-0.15, -0.1) is 0 Å². The fourth-order valence-electron chi connectivity index (χ4n) is 1.23. The summed E-state index contributed by atoms with van der Waals surface area (Å²) in [7, 11) is 0. The van der Waals surface area contributed by atoms with Crippen LogP contribution in [0.2, 0.25) is 0 Å². The van der Waals surface area contributed by atoms with E-state index in [9.17, 15) is 0 Å². The fourth-order valence-corrected chi connectivity index (χ4v) is 1.23. The van der Waals surface area contributed by atoms with Crippen LogP contribution in [0.15, 0.2) is 30.7 Å². The van der Waals surface area contributed by atoms with Crippen LogP contribution in [-0.4, -0.2) is 15.2 Å². The molecule has 4 heteroatoms. The highest BCUT2D eigenvalue weighted by molar-refractivity contribution is 5.66. The summed E-state index contributed by atoms with van der Waals surface area (Å²) in [5.41, 5.74) is 9.05. The lowest BCUT2D eigenvalue weighted by Crippen LogP contribution is -1.97. The number of anilines is 1. The molecule has 0 saturated heterocycles. The average molecular weight is 186 g/mol. The second kappa shape index (κ2) is 3.41. The van der Waals surface area contributed by atoms with Gasteiger partial charge in [0.25, 0.3) is 0 Å². The Morgan fingerprint density at radius 1 is 1.29 bits per heavy atom. The molecule has 14 heavy (non-hydrogen) atoms. The Balaban J connectivity index is 2.58. The molecule has 2 aromatic heterocycles. The van der Waals surface area contributed by atoms with E-state index >= 15 is 0 Å². The van der Waals surface area contributed by atoms with Gasteiger partial charge in [0.15, 0.2) is 0 Å². The molecule has 2 aromatic rings. The largest absolute Gasteiger partial charge is 0.397 e. The standard InChI is InChI=1S/C10H10N4/c1-7-9(11)6-13-14-10(7)8-3-2-4-12-5-8/h2-6H,1H3,(H2,11,14). The molecule has 4 nitrogen and oxygen atoms in total. The van der Waals surface area contributed by atoms with Gasteiger partial charge in [-0.05, 0) is 19.1 Å². The molecular formula is C10H10N4. The molecule has 0 aliphatic rings. The van der Waals surface area contributed by atoms with E-state index in [1.54, 1.807) is 18.6 Å². The number of nitrogens with two attached hydrogens (primary N) is 1. The second-order valence-corrected chi connectivity index (χ2v) is 3.02. The molecule has 0 amide bonds. The van der Waals surface area contributed by atoms with Crippen LogP contribution < -0.4 is 5.73 Å². The Morgan fingerprint density at radius 3 is 2.86 bits per heavy atom. The summed E-state index contributed by atoms with van der Waals surface area (Å²) < 4.78 is 0. The Morgan fingerprint density at radius 2 is 2.14 bits per heavy atom. The van der Waals surface area contributed by atoms with Crippen LogP contribution in [0.5, 0.6) is 0 Å². The molecule has 0 bridgehead atoms. The summed E-state index contributed by atoms with van der Waals surface area (Å²) >= 11 is 0. The van der Waals surface area contributed by atoms with Gasteiger partial charge in [-0.3, -0.25) is 4.98 Å². The van der Waals surface area contributed by atoms with Gasteiger partial charge >= 0.3 is 0 Å². The van der Waals surface area contributed by atoms with Crippen LogP contribution in [0.4, 0.5) is 5.69 Å². The summed E-state index contributed by atoms with van der Waals surface area (Å²) in [5.74, 6) is 0. The zero-order valence-electron chi connectivity index (χ0n) is 7.81. The third-order valence-corrected chi connectivity index (χ3v) is 2.08. The minimum atomic E-state index is 0.652. The van der Waals surface area contributed by atoms with Crippen LogP contribution >= 0.6 is 0 Å². The third-order valence-electron chi connectivity index (χ3n) is 2.08. The molecule has 2 N–H and O–H groups in total. The minimum Gasteiger partial charge on any atom is -0.397 e. The maximum atomic E-state index is 5.74. The van der Waals surface area contributed by atoms with E-state index in [0.29, 0.717) is 5.69 Å². The third kappa shape index (κ3) is 1.42. The molecule has 0 saturated carbocycles. The quantitative estimate of drug-likeness (QED) is 0.731. The Hall–Kier alpha value is -1.97.